The Kier molecular flexibility index (Phi) is 4.22. The number of amides is 1. The molecule has 1 aromatic rings. The first-order chi connectivity index (χ1) is 7.35. The third kappa shape index (κ3) is 3.39. The molecule has 0 aliphatic carbocycles. The van der Waals surface area contributed by atoms with Crippen molar-refractivity contribution in [3.8, 4) is 0 Å². The third-order valence-electron chi connectivity index (χ3n) is 2.22. The van der Waals surface area contributed by atoms with Crippen molar-refractivity contribution in [1.29, 1.82) is 0 Å². The molecule has 0 aliphatic rings. The van der Waals surface area contributed by atoms with Crippen LogP contribution >= 0.6 is 23.2 Å². The maximum absolute atomic E-state index is 11.9. The van der Waals surface area contributed by atoms with E-state index in [1.54, 1.807) is 12.1 Å². The van der Waals surface area contributed by atoms with Crippen LogP contribution in [0.5, 0.6) is 0 Å². The average molecular weight is 260 g/mol. The summed E-state index contributed by atoms with van der Waals surface area (Å²) < 4.78 is 0. The Morgan fingerprint density at radius 3 is 2.56 bits per heavy atom. The van der Waals surface area contributed by atoms with Gasteiger partial charge < -0.3 is 5.32 Å². The van der Waals surface area contributed by atoms with Crippen molar-refractivity contribution in [2.45, 2.75) is 26.3 Å². The molecule has 1 aromatic carbocycles. The van der Waals surface area contributed by atoms with E-state index in [0.29, 0.717) is 16.5 Å². The van der Waals surface area contributed by atoms with E-state index in [1.807, 2.05) is 26.8 Å². The van der Waals surface area contributed by atoms with Gasteiger partial charge in [0.2, 0.25) is 0 Å². The fourth-order valence-electron chi connectivity index (χ4n) is 1.15. The third-order valence-corrected chi connectivity index (χ3v) is 3.30. The molecule has 0 saturated heterocycles. The normalized spacial score (nSPS) is 11.3. The highest BCUT2D eigenvalue weighted by Gasteiger charge is 2.20. The number of halogens is 2. The Morgan fingerprint density at radius 1 is 1.44 bits per heavy atom. The Hall–Kier alpha value is -0.730. The number of hydrogen-bond donors (Lipinski definition) is 1. The van der Waals surface area contributed by atoms with Gasteiger partial charge in [0, 0.05) is 22.0 Å². The predicted molar refractivity (Wildman–Crippen MR) is 68.5 cm³/mol. The molecule has 1 N–H and O–H groups in total. The van der Waals surface area contributed by atoms with Crippen LogP contribution in [0, 0.1) is 6.92 Å². The van der Waals surface area contributed by atoms with Crippen molar-refractivity contribution in [3.63, 3.8) is 0 Å². The Bertz CT molecular complexity index is 402. The minimum Gasteiger partial charge on any atom is -0.346 e. The smallest absolute Gasteiger partial charge is 0.251 e. The van der Waals surface area contributed by atoms with Crippen molar-refractivity contribution < 1.29 is 4.79 Å². The largest absolute Gasteiger partial charge is 0.346 e. The summed E-state index contributed by atoms with van der Waals surface area (Å²) in [5.41, 5.74) is 1.08. The van der Waals surface area contributed by atoms with Crippen LogP contribution in [0.3, 0.4) is 0 Å². The van der Waals surface area contributed by atoms with Crippen molar-refractivity contribution in [1.82, 2.24) is 5.32 Å². The molecule has 0 radical (unpaired) electrons. The quantitative estimate of drug-likeness (QED) is 0.829. The molecule has 0 unspecified atom stereocenters. The highest BCUT2D eigenvalue weighted by Crippen LogP contribution is 2.17. The van der Waals surface area contributed by atoms with E-state index in [4.69, 9.17) is 23.2 Å². The summed E-state index contributed by atoms with van der Waals surface area (Å²) in [4.78, 5) is 11.9. The van der Waals surface area contributed by atoms with E-state index >= 15 is 0 Å². The monoisotopic (exact) mass is 259 g/mol. The number of aryl methyl sites for hydroxylation is 1. The highest BCUT2D eigenvalue weighted by atomic mass is 35.5. The van der Waals surface area contributed by atoms with Crippen LogP contribution < -0.4 is 5.32 Å². The van der Waals surface area contributed by atoms with E-state index in [2.05, 4.69) is 5.32 Å². The lowest BCUT2D eigenvalue weighted by Crippen LogP contribution is -2.44. The van der Waals surface area contributed by atoms with Crippen LogP contribution in [0.15, 0.2) is 18.2 Å². The lowest BCUT2D eigenvalue weighted by atomic mass is 10.1. The van der Waals surface area contributed by atoms with Gasteiger partial charge in [-0.25, -0.2) is 0 Å². The van der Waals surface area contributed by atoms with Gasteiger partial charge >= 0.3 is 0 Å². The molecule has 0 atom stereocenters. The molecule has 88 valence electrons. The SMILES string of the molecule is Cc1ccc(C(=O)NC(C)(C)CCl)cc1Cl. The van der Waals surface area contributed by atoms with E-state index in [0.717, 1.165) is 5.56 Å². The fourth-order valence-corrected chi connectivity index (χ4v) is 1.39. The second kappa shape index (κ2) is 5.07. The minimum absolute atomic E-state index is 0.160. The van der Waals surface area contributed by atoms with Gasteiger partial charge in [0.15, 0.2) is 0 Å². The van der Waals surface area contributed by atoms with Crippen LogP contribution in [0.4, 0.5) is 0 Å². The van der Waals surface area contributed by atoms with Gasteiger partial charge in [-0.15, -0.1) is 11.6 Å². The van der Waals surface area contributed by atoms with Gasteiger partial charge in [0.1, 0.15) is 0 Å². The zero-order chi connectivity index (χ0) is 12.3. The first kappa shape index (κ1) is 13.3. The number of carbonyl (C=O) groups excluding carboxylic acids is 1. The summed E-state index contributed by atoms with van der Waals surface area (Å²) >= 11 is 11.7. The zero-order valence-corrected chi connectivity index (χ0v) is 11.1. The van der Waals surface area contributed by atoms with Gasteiger partial charge in [0.05, 0.1) is 0 Å². The Morgan fingerprint density at radius 2 is 2.06 bits per heavy atom. The summed E-state index contributed by atoms with van der Waals surface area (Å²) in [6.45, 7) is 5.63. The van der Waals surface area contributed by atoms with E-state index in [1.165, 1.54) is 0 Å². The summed E-state index contributed by atoms with van der Waals surface area (Å²) in [7, 11) is 0. The molecule has 2 nitrogen and oxygen atoms in total. The number of nitrogens with one attached hydrogen (secondary N) is 1. The topological polar surface area (TPSA) is 29.1 Å². The standard InChI is InChI=1S/C12H15Cl2NO/c1-8-4-5-9(6-10(8)14)11(16)15-12(2,3)7-13/h4-6H,7H2,1-3H3,(H,15,16). The summed E-state index contributed by atoms with van der Waals surface area (Å²) in [5.74, 6) is 0.200. The molecule has 4 heteroatoms. The van der Waals surface area contributed by atoms with Crippen molar-refractivity contribution in [2.75, 3.05) is 5.88 Å². The molecule has 16 heavy (non-hydrogen) atoms. The van der Waals surface area contributed by atoms with Gasteiger partial charge in [-0.1, -0.05) is 17.7 Å². The molecule has 0 heterocycles. The van der Waals surface area contributed by atoms with Crippen LogP contribution in [0.2, 0.25) is 5.02 Å². The lowest BCUT2D eigenvalue weighted by molar-refractivity contribution is 0.0920. The Balaban J connectivity index is 2.85. The maximum atomic E-state index is 11.9. The number of carbonyl (C=O) groups is 1. The molecule has 1 rings (SSSR count). The molecule has 0 aromatic heterocycles. The maximum Gasteiger partial charge on any atom is 0.251 e. The van der Waals surface area contributed by atoms with Crippen LogP contribution in [-0.4, -0.2) is 17.3 Å². The van der Waals surface area contributed by atoms with Crippen LogP contribution in [-0.2, 0) is 0 Å². The second-order valence-electron chi connectivity index (χ2n) is 4.44. The van der Waals surface area contributed by atoms with E-state index in [-0.39, 0.29) is 5.91 Å². The molecule has 0 bridgehead atoms. The molecule has 0 aliphatic heterocycles. The fraction of sp³-hybridized carbons (Fsp3) is 0.417. The number of benzene rings is 1. The molecule has 1 amide bonds. The van der Waals surface area contributed by atoms with Crippen LogP contribution in [0.1, 0.15) is 29.8 Å². The van der Waals surface area contributed by atoms with E-state index in [9.17, 15) is 4.79 Å². The molecule has 0 fully saturated rings. The first-order valence-corrected chi connectivity index (χ1v) is 5.91. The van der Waals surface area contributed by atoms with Crippen molar-refractivity contribution in [3.05, 3.63) is 34.3 Å². The number of hydrogen-bond acceptors (Lipinski definition) is 1. The van der Waals surface area contributed by atoms with Crippen molar-refractivity contribution in [2.24, 2.45) is 0 Å². The lowest BCUT2D eigenvalue weighted by Gasteiger charge is -2.23. The van der Waals surface area contributed by atoms with Gasteiger partial charge in [-0.3, -0.25) is 4.79 Å². The van der Waals surface area contributed by atoms with Gasteiger partial charge in [-0.2, -0.15) is 0 Å². The molecular formula is C12H15Cl2NO. The number of rotatable bonds is 3. The molecule has 0 saturated carbocycles. The van der Waals surface area contributed by atoms with Gasteiger partial charge in [-0.05, 0) is 38.5 Å². The van der Waals surface area contributed by atoms with Crippen LogP contribution in [0.25, 0.3) is 0 Å². The summed E-state index contributed by atoms with van der Waals surface area (Å²) in [5, 5.41) is 3.43. The number of alkyl halides is 1. The van der Waals surface area contributed by atoms with E-state index < -0.39 is 5.54 Å². The highest BCUT2D eigenvalue weighted by molar-refractivity contribution is 6.31. The predicted octanol–water partition coefficient (Wildman–Crippen LogP) is 3.40. The summed E-state index contributed by atoms with van der Waals surface area (Å²) in [6, 6.07) is 5.24. The average Bonchev–Trinajstić information content (AvgIpc) is 2.21. The second-order valence-corrected chi connectivity index (χ2v) is 5.11. The molecule has 0 spiro atoms. The first-order valence-electron chi connectivity index (χ1n) is 5.00. The molecular weight excluding hydrogens is 245 g/mol. The summed E-state index contributed by atoms with van der Waals surface area (Å²) in [6.07, 6.45) is 0. The zero-order valence-electron chi connectivity index (χ0n) is 9.60. The minimum atomic E-state index is -0.421. The van der Waals surface area contributed by atoms with Gasteiger partial charge in [0.25, 0.3) is 5.91 Å². The Labute approximate surface area is 106 Å². The van der Waals surface area contributed by atoms with Crippen molar-refractivity contribution >= 4 is 29.1 Å².